The molecular weight excluding hydrogens is 205 g/mol. The average molecular weight is 213 g/mol. The molecule has 0 spiro atoms. The minimum Gasteiger partial charge on any atom is -0.371 e. The van der Waals surface area contributed by atoms with Crippen molar-refractivity contribution in [2.45, 2.75) is 0 Å². The zero-order valence-corrected chi connectivity index (χ0v) is 7.57. The molecule has 1 rings (SSSR count). The highest BCUT2D eigenvalue weighted by Crippen LogP contribution is 2.24. The smallest absolute Gasteiger partial charge is 0.295 e. The molecule has 0 aliphatic rings. The van der Waals surface area contributed by atoms with Crippen LogP contribution in [0.15, 0.2) is 18.2 Å². The quantitative estimate of drug-likeness (QED) is 0.566. The minimum absolute atomic E-state index is 0.0557. The number of nitro groups is 1. The Balaban J connectivity index is 2.95. The van der Waals surface area contributed by atoms with Gasteiger partial charge in [0.05, 0.1) is 17.5 Å². The van der Waals surface area contributed by atoms with Gasteiger partial charge in [0.2, 0.25) is 5.91 Å². The summed E-state index contributed by atoms with van der Waals surface area (Å²) in [6.45, 7) is -0.244. The maximum absolute atomic E-state index is 12.7. The van der Waals surface area contributed by atoms with Crippen LogP contribution in [-0.2, 0) is 4.79 Å². The molecule has 6 nitrogen and oxygen atoms in total. The molecule has 0 aromatic heterocycles. The summed E-state index contributed by atoms with van der Waals surface area (Å²) >= 11 is 0. The molecule has 0 fully saturated rings. The van der Waals surface area contributed by atoms with Crippen molar-refractivity contribution in [3.63, 3.8) is 0 Å². The van der Waals surface area contributed by atoms with E-state index in [1.807, 2.05) is 0 Å². The van der Waals surface area contributed by atoms with Crippen molar-refractivity contribution in [2.24, 2.45) is 5.73 Å². The molecule has 0 saturated carbocycles. The van der Waals surface area contributed by atoms with Crippen molar-refractivity contribution < 1.29 is 14.1 Å². The molecule has 7 heteroatoms. The third-order valence-corrected chi connectivity index (χ3v) is 1.61. The molecule has 0 aliphatic heterocycles. The second-order valence-corrected chi connectivity index (χ2v) is 2.74. The van der Waals surface area contributed by atoms with E-state index < -0.39 is 22.3 Å². The number of carbonyl (C=O) groups excluding carboxylic acids is 1. The van der Waals surface area contributed by atoms with Crippen molar-refractivity contribution in [1.82, 2.24) is 0 Å². The van der Waals surface area contributed by atoms with Crippen LogP contribution in [0.3, 0.4) is 0 Å². The number of nitrogens with two attached hydrogens (primary N) is 1. The average Bonchev–Trinajstić information content (AvgIpc) is 2.15. The standard InChI is InChI=1S/C8H8FN3O3/c9-5-1-2-6(11-4-8(10)13)7(3-5)12(14)15/h1-3,11H,4H2,(H2,10,13). The van der Waals surface area contributed by atoms with E-state index in [2.05, 4.69) is 5.32 Å². The number of nitrogens with one attached hydrogen (secondary N) is 1. The van der Waals surface area contributed by atoms with Crippen LogP contribution in [0.4, 0.5) is 15.8 Å². The number of benzene rings is 1. The third-order valence-electron chi connectivity index (χ3n) is 1.61. The Morgan fingerprint density at radius 1 is 1.60 bits per heavy atom. The molecule has 0 heterocycles. The van der Waals surface area contributed by atoms with Gasteiger partial charge in [0.15, 0.2) is 0 Å². The van der Waals surface area contributed by atoms with Crippen LogP contribution in [0.1, 0.15) is 0 Å². The van der Waals surface area contributed by atoms with E-state index >= 15 is 0 Å². The summed E-state index contributed by atoms with van der Waals surface area (Å²) in [5, 5.41) is 12.9. The van der Waals surface area contributed by atoms with Gasteiger partial charge >= 0.3 is 0 Å². The Morgan fingerprint density at radius 3 is 2.80 bits per heavy atom. The number of primary amides is 1. The first-order valence-corrected chi connectivity index (χ1v) is 3.97. The maximum Gasteiger partial charge on any atom is 0.295 e. The van der Waals surface area contributed by atoms with E-state index in [9.17, 15) is 19.3 Å². The van der Waals surface area contributed by atoms with Crippen LogP contribution in [-0.4, -0.2) is 17.4 Å². The Morgan fingerprint density at radius 2 is 2.27 bits per heavy atom. The zero-order chi connectivity index (χ0) is 11.4. The van der Waals surface area contributed by atoms with Crippen molar-refractivity contribution in [1.29, 1.82) is 0 Å². The van der Waals surface area contributed by atoms with Gasteiger partial charge in [-0.3, -0.25) is 14.9 Å². The first kappa shape index (κ1) is 10.9. The number of amides is 1. The van der Waals surface area contributed by atoms with E-state index in [0.717, 1.165) is 12.1 Å². The van der Waals surface area contributed by atoms with Gasteiger partial charge in [0, 0.05) is 0 Å². The van der Waals surface area contributed by atoms with Crippen molar-refractivity contribution in [3.8, 4) is 0 Å². The summed E-state index contributed by atoms with van der Waals surface area (Å²) in [7, 11) is 0. The van der Waals surface area contributed by atoms with E-state index in [4.69, 9.17) is 5.73 Å². The highest BCUT2D eigenvalue weighted by molar-refractivity contribution is 5.79. The van der Waals surface area contributed by atoms with Crippen LogP contribution in [0.25, 0.3) is 0 Å². The van der Waals surface area contributed by atoms with Gasteiger partial charge < -0.3 is 11.1 Å². The molecular formula is C8H8FN3O3. The lowest BCUT2D eigenvalue weighted by Gasteiger charge is -2.04. The van der Waals surface area contributed by atoms with E-state index in [0.29, 0.717) is 0 Å². The first-order valence-electron chi connectivity index (χ1n) is 3.97. The van der Waals surface area contributed by atoms with Gasteiger partial charge in [-0.1, -0.05) is 0 Å². The number of nitro benzene ring substituents is 1. The molecule has 0 aliphatic carbocycles. The van der Waals surface area contributed by atoms with Crippen LogP contribution >= 0.6 is 0 Å². The number of anilines is 1. The summed E-state index contributed by atoms with van der Waals surface area (Å²) in [6.07, 6.45) is 0. The molecule has 0 unspecified atom stereocenters. The molecule has 0 radical (unpaired) electrons. The topological polar surface area (TPSA) is 98.3 Å². The number of rotatable bonds is 4. The molecule has 80 valence electrons. The first-order chi connectivity index (χ1) is 7.00. The van der Waals surface area contributed by atoms with Crippen molar-refractivity contribution in [2.75, 3.05) is 11.9 Å². The highest BCUT2D eigenvalue weighted by Gasteiger charge is 2.14. The summed E-state index contributed by atoms with van der Waals surface area (Å²) in [5.74, 6) is -1.38. The summed E-state index contributed by atoms with van der Waals surface area (Å²) in [4.78, 5) is 20.2. The summed E-state index contributed by atoms with van der Waals surface area (Å²) in [6, 6.07) is 3.00. The fourth-order valence-electron chi connectivity index (χ4n) is 0.988. The fraction of sp³-hybridized carbons (Fsp3) is 0.125. The van der Waals surface area contributed by atoms with Crippen molar-refractivity contribution >= 4 is 17.3 Å². The van der Waals surface area contributed by atoms with Gasteiger partial charge in [0.25, 0.3) is 5.69 Å². The normalized spacial score (nSPS) is 9.67. The number of hydrogen-bond donors (Lipinski definition) is 2. The number of carbonyl (C=O) groups is 1. The molecule has 1 aromatic rings. The molecule has 15 heavy (non-hydrogen) atoms. The van der Waals surface area contributed by atoms with E-state index in [1.54, 1.807) is 0 Å². The van der Waals surface area contributed by atoms with Crippen LogP contribution in [0.5, 0.6) is 0 Å². The van der Waals surface area contributed by atoms with Crippen LogP contribution < -0.4 is 11.1 Å². The summed E-state index contributed by atoms with van der Waals surface area (Å²) in [5.41, 5.74) is 4.47. The molecule has 3 N–H and O–H groups in total. The van der Waals surface area contributed by atoms with Crippen LogP contribution in [0, 0.1) is 15.9 Å². The Bertz CT molecular complexity index is 408. The number of hydrogen-bond acceptors (Lipinski definition) is 4. The zero-order valence-electron chi connectivity index (χ0n) is 7.57. The molecule has 0 atom stereocenters. The van der Waals surface area contributed by atoms with Gasteiger partial charge in [-0.05, 0) is 12.1 Å². The summed E-state index contributed by atoms with van der Waals surface area (Å²) < 4.78 is 12.7. The SMILES string of the molecule is NC(=O)CNc1ccc(F)cc1[N+](=O)[O-]. The molecule has 1 aromatic carbocycles. The fourth-order valence-corrected chi connectivity index (χ4v) is 0.988. The third kappa shape index (κ3) is 2.90. The predicted octanol–water partition coefficient (Wildman–Crippen LogP) is 0.631. The Kier molecular flexibility index (Phi) is 3.17. The number of nitrogens with zero attached hydrogens (tertiary/aromatic N) is 1. The second kappa shape index (κ2) is 4.36. The van der Waals surface area contributed by atoms with E-state index in [-0.39, 0.29) is 12.2 Å². The number of halogens is 1. The maximum atomic E-state index is 12.7. The Labute approximate surface area is 84.0 Å². The highest BCUT2D eigenvalue weighted by atomic mass is 19.1. The minimum atomic E-state index is -0.744. The van der Waals surface area contributed by atoms with Gasteiger partial charge in [-0.25, -0.2) is 4.39 Å². The monoisotopic (exact) mass is 213 g/mol. The van der Waals surface area contributed by atoms with Crippen LogP contribution in [0.2, 0.25) is 0 Å². The van der Waals surface area contributed by atoms with Crippen molar-refractivity contribution in [3.05, 3.63) is 34.1 Å². The van der Waals surface area contributed by atoms with Gasteiger partial charge in [0.1, 0.15) is 11.5 Å². The second-order valence-electron chi connectivity index (χ2n) is 2.74. The molecule has 1 amide bonds. The lowest BCUT2D eigenvalue weighted by atomic mass is 10.2. The van der Waals surface area contributed by atoms with E-state index in [1.165, 1.54) is 6.07 Å². The van der Waals surface area contributed by atoms with Gasteiger partial charge in [-0.15, -0.1) is 0 Å². The predicted molar refractivity (Wildman–Crippen MR) is 50.7 cm³/mol. The molecule has 0 saturated heterocycles. The van der Waals surface area contributed by atoms with Gasteiger partial charge in [-0.2, -0.15) is 0 Å². The lowest BCUT2D eigenvalue weighted by molar-refractivity contribution is -0.384. The lowest BCUT2D eigenvalue weighted by Crippen LogP contribution is -2.22. The Hall–Kier alpha value is -2.18. The largest absolute Gasteiger partial charge is 0.371 e. The molecule has 0 bridgehead atoms.